The van der Waals surface area contributed by atoms with Crippen LogP contribution in [-0.2, 0) is 4.79 Å². The minimum atomic E-state index is -1.08. The lowest BCUT2D eigenvalue weighted by Crippen LogP contribution is -2.46. The van der Waals surface area contributed by atoms with Gasteiger partial charge in [0.05, 0.1) is 30.0 Å². The highest BCUT2D eigenvalue weighted by Gasteiger charge is 2.43. The average Bonchev–Trinajstić information content (AvgIpc) is 3.33. The molecule has 2 aliphatic rings. The number of carboxylic acids is 1. The molecule has 1 amide bonds. The zero-order chi connectivity index (χ0) is 23.8. The SMILES string of the molecule is CCC1(C)CN(C2CCCC2)c2nc(Nc3c(OC)cccc3C(=O)O)ncc2N(C)C1=O. The molecule has 1 aromatic carbocycles. The van der Waals surface area contributed by atoms with Crippen molar-refractivity contribution in [1.29, 1.82) is 0 Å². The second kappa shape index (κ2) is 8.88. The molecular formula is C24H31N5O4. The third-order valence-corrected chi connectivity index (χ3v) is 6.98. The minimum Gasteiger partial charge on any atom is -0.495 e. The molecule has 0 spiro atoms. The first-order valence-corrected chi connectivity index (χ1v) is 11.4. The van der Waals surface area contributed by atoms with Gasteiger partial charge in [0.2, 0.25) is 11.9 Å². The number of nitrogens with one attached hydrogen (secondary N) is 1. The van der Waals surface area contributed by atoms with Gasteiger partial charge in [-0.25, -0.2) is 9.78 Å². The molecule has 1 fully saturated rings. The molecule has 1 unspecified atom stereocenters. The number of anilines is 4. The van der Waals surface area contributed by atoms with Crippen LogP contribution in [0.3, 0.4) is 0 Å². The van der Waals surface area contributed by atoms with E-state index in [0.29, 0.717) is 29.8 Å². The van der Waals surface area contributed by atoms with Crippen LogP contribution in [0.15, 0.2) is 24.4 Å². The van der Waals surface area contributed by atoms with Crippen molar-refractivity contribution in [2.45, 2.75) is 52.0 Å². The molecule has 9 nitrogen and oxygen atoms in total. The summed E-state index contributed by atoms with van der Waals surface area (Å²) < 4.78 is 5.37. The second-order valence-corrected chi connectivity index (χ2v) is 9.06. The van der Waals surface area contributed by atoms with E-state index in [1.165, 1.54) is 13.2 Å². The van der Waals surface area contributed by atoms with Crippen molar-refractivity contribution in [3.63, 3.8) is 0 Å². The van der Waals surface area contributed by atoms with Gasteiger partial charge in [-0.3, -0.25) is 4.79 Å². The van der Waals surface area contributed by atoms with Gasteiger partial charge >= 0.3 is 5.97 Å². The first kappa shape index (κ1) is 22.8. The summed E-state index contributed by atoms with van der Waals surface area (Å²) in [7, 11) is 3.25. The lowest BCUT2D eigenvalue weighted by Gasteiger charge is -2.35. The maximum atomic E-state index is 13.3. The summed E-state index contributed by atoms with van der Waals surface area (Å²) in [5.41, 5.74) is 0.473. The molecule has 9 heteroatoms. The number of nitrogens with zero attached hydrogens (tertiary/aromatic N) is 4. The molecular weight excluding hydrogens is 422 g/mol. The smallest absolute Gasteiger partial charge is 0.337 e. The third-order valence-electron chi connectivity index (χ3n) is 6.98. The third kappa shape index (κ3) is 4.07. The number of aromatic nitrogens is 2. The Morgan fingerprint density at radius 1 is 1.33 bits per heavy atom. The standard InChI is InChI=1S/C24H31N5O4/c1-5-24(2)14-29(15-9-6-7-10-15)20-17(28(3)22(24)32)13-25-23(27-20)26-19-16(21(30)31)11-8-12-18(19)33-4/h8,11-13,15H,5-7,9-10,14H2,1-4H3,(H,30,31)(H,25,26,27). The molecule has 176 valence electrons. The summed E-state index contributed by atoms with van der Waals surface area (Å²) in [5, 5.41) is 12.7. The number of carbonyl (C=O) groups excluding carboxylic acids is 1. The van der Waals surface area contributed by atoms with E-state index < -0.39 is 11.4 Å². The molecule has 1 aliphatic carbocycles. The molecule has 0 bridgehead atoms. The van der Waals surface area contributed by atoms with Crippen molar-refractivity contribution in [3.05, 3.63) is 30.0 Å². The quantitative estimate of drug-likeness (QED) is 0.674. The van der Waals surface area contributed by atoms with Crippen LogP contribution in [0.5, 0.6) is 5.75 Å². The van der Waals surface area contributed by atoms with E-state index in [4.69, 9.17) is 9.72 Å². The predicted molar refractivity (Wildman–Crippen MR) is 127 cm³/mol. The average molecular weight is 454 g/mol. The summed E-state index contributed by atoms with van der Waals surface area (Å²) in [5.74, 6) is 0.299. The van der Waals surface area contributed by atoms with Crippen molar-refractivity contribution in [2.24, 2.45) is 5.41 Å². The number of hydrogen-bond donors (Lipinski definition) is 2. The molecule has 0 radical (unpaired) electrons. The topological polar surface area (TPSA) is 108 Å². The van der Waals surface area contributed by atoms with Crippen molar-refractivity contribution in [3.8, 4) is 5.75 Å². The summed E-state index contributed by atoms with van der Waals surface area (Å²) in [4.78, 5) is 38.3. The van der Waals surface area contributed by atoms with E-state index in [2.05, 4.69) is 15.2 Å². The number of para-hydroxylation sites is 1. The minimum absolute atomic E-state index is 0.0500. The van der Waals surface area contributed by atoms with Gasteiger partial charge in [-0.1, -0.05) is 25.8 Å². The molecule has 0 saturated heterocycles. The van der Waals surface area contributed by atoms with E-state index in [0.717, 1.165) is 32.1 Å². The Hall–Kier alpha value is -3.36. The van der Waals surface area contributed by atoms with Crippen molar-refractivity contribution in [2.75, 3.05) is 35.8 Å². The summed E-state index contributed by atoms with van der Waals surface area (Å²) >= 11 is 0. The second-order valence-electron chi connectivity index (χ2n) is 9.06. The molecule has 1 atom stereocenters. The molecule has 1 aliphatic heterocycles. The summed E-state index contributed by atoms with van der Waals surface area (Å²) in [6, 6.07) is 5.11. The maximum absolute atomic E-state index is 13.3. The number of ether oxygens (including phenoxy) is 1. The Balaban J connectivity index is 1.81. The fraction of sp³-hybridized carbons (Fsp3) is 0.500. The highest BCUT2D eigenvalue weighted by atomic mass is 16.5. The van der Waals surface area contributed by atoms with Gasteiger partial charge in [-0.05, 0) is 38.3 Å². The van der Waals surface area contributed by atoms with Crippen molar-refractivity contribution in [1.82, 2.24) is 9.97 Å². The lowest BCUT2D eigenvalue weighted by atomic mass is 9.85. The van der Waals surface area contributed by atoms with E-state index in [9.17, 15) is 14.7 Å². The van der Waals surface area contributed by atoms with Gasteiger partial charge in [-0.15, -0.1) is 0 Å². The van der Waals surface area contributed by atoms with Crippen molar-refractivity contribution >= 4 is 35.0 Å². The first-order valence-electron chi connectivity index (χ1n) is 11.4. The number of amides is 1. The van der Waals surface area contributed by atoms with Crippen LogP contribution in [-0.4, -0.2) is 53.7 Å². The number of hydrogen-bond acceptors (Lipinski definition) is 7. The molecule has 2 N–H and O–H groups in total. The van der Waals surface area contributed by atoms with E-state index >= 15 is 0 Å². The lowest BCUT2D eigenvalue weighted by molar-refractivity contribution is -0.126. The van der Waals surface area contributed by atoms with Crippen LogP contribution in [0.1, 0.15) is 56.3 Å². The molecule has 33 heavy (non-hydrogen) atoms. The van der Waals surface area contributed by atoms with Gasteiger partial charge in [0.25, 0.3) is 0 Å². The largest absolute Gasteiger partial charge is 0.495 e. The summed E-state index contributed by atoms with van der Waals surface area (Å²) in [6.07, 6.45) is 6.78. The van der Waals surface area contributed by atoms with Crippen LogP contribution < -0.4 is 19.9 Å². The van der Waals surface area contributed by atoms with Gasteiger partial charge in [0, 0.05) is 19.6 Å². The molecule has 1 saturated carbocycles. The monoisotopic (exact) mass is 453 g/mol. The van der Waals surface area contributed by atoms with Crippen LogP contribution in [0.4, 0.5) is 23.1 Å². The highest BCUT2D eigenvalue weighted by Crippen LogP contribution is 2.42. The van der Waals surface area contributed by atoms with Crippen LogP contribution in [0, 0.1) is 5.41 Å². The van der Waals surface area contributed by atoms with Gasteiger partial charge < -0.3 is 25.0 Å². The van der Waals surface area contributed by atoms with E-state index in [-0.39, 0.29) is 23.1 Å². The van der Waals surface area contributed by atoms with Gasteiger partial charge in [-0.2, -0.15) is 4.98 Å². The summed E-state index contributed by atoms with van der Waals surface area (Å²) in [6.45, 7) is 4.64. The van der Waals surface area contributed by atoms with E-state index in [1.807, 2.05) is 13.8 Å². The number of aromatic carboxylic acids is 1. The number of methoxy groups -OCH3 is 1. The van der Waals surface area contributed by atoms with E-state index in [1.54, 1.807) is 30.3 Å². The number of carboxylic acid groups (broad SMARTS) is 1. The van der Waals surface area contributed by atoms with Crippen LogP contribution >= 0.6 is 0 Å². The maximum Gasteiger partial charge on any atom is 0.337 e. The first-order chi connectivity index (χ1) is 15.8. The Kier molecular flexibility index (Phi) is 6.14. The number of carbonyl (C=O) groups is 2. The fourth-order valence-corrected chi connectivity index (χ4v) is 4.81. The highest BCUT2D eigenvalue weighted by molar-refractivity contribution is 6.01. The normalized spacial score (nSPS) is 21.0. The van der Waals surface area contributed by atoms with Gasteiger partial charge in [0.15, 0.2) is 5.82 Å². The fourth-order valence-electron chi connectivity index (χ4n) is 4.81. The van der Waals surface area contributed by atoms with Crippen molar-refractivity contribution < 1.29 is 19.4 Å². The number of benzene rings is 1. The zero-order valence-corrected chi connectivity index (χ0v) is 19.6. The Bertz CT molecular complexity index is 1070. The Morgan fingerprint density at radius 2 is 2.06 bits per heavy atom. The van der Waals surface area contributed by atoms with Crippen LogP contribution in [0.25, 0.3) is 0 Å². The van der Waals surface area contributed by atoms with Crippen LogP contribution in [0.2, 0.25) is 0 Å². The zero-order valence-electron chi connectivity index (χ0n) is 19.6. The molecule has 4 rings (SSSR count). The Labute approximate surface area is 193 Å². The van der Waals surface area contributed by atoms with Gasteiger partial charge in [0.1, 0.15) is 11.4 Å². The molecule has 2 heterocycles. The predicted octanol–water partition coefficient (Wildman–Crippen LogP) is 4.07. The molecule has 1 aromatic heterocycles. The molecule has 2 aromatic rings. The number of fused-ring (bicyclic) bond motifs is 1. The Morgan fingerprint density at radius 3 is 2.70 bits per heavy atom. The number of rotatable bonds is 6.